The Morgan fingerprint density at radius 1 is 1.03 bits per heavy atom. The quantitative estimate of drug-likeness (QED) is 0.545. The molecule has 0 aliphatic carbocycles. The molecule has 0 unspecified atom stereocenters. The molecule has 0 spiro atoms. The smallest absolute Gasteiger partial charge is 0.352 e. The molecule has 3 aromatic rings. The highest BCUT2D eigenvalue weighted by atomic mass is 19.4. The van der Waals surface area contributed by atoms with Crippen LogP contribution in [0, 0.1) is 6.92 Å². The van der Waals surface area contributed by atoms with Crippen molar-refractivity contribution in [1.29, 1.82) is 0 Å². The lowest BCUT2D eigenvalue weighted by Gasteiger charge is -2.16. The van der Waals surface area contributed by atoms with Crippen LogP contribution in [0.1, 0.15) is 31.4 Å². The summed E-state index contributed by atoms with van der Waals surface area (Å²) >= 11 is 0. The minimum absolute atomic E-state index is 0.136. The predicted molar refractivity (Wildman–Crippen MR) is 108 cm³/mol. The molecule has 2 aromatic heterocycles. The number of hydrogen-bond donors (Lipinski definition) is 2. The Hall–Kier alpha value is -3.16. The number of rotatable bonds is 6. The van der Waals surface area contributed by atoms with Gasteiger partial charge in [-0.15, -0.1) is 0 Å². The highest BCUT2D eigenvalue weighted by Crippen LogP contribution is 2.33. The molecule has 0 aliphatic heterocycles. The first-order valence-electron chi connectivity index (χ1n) is 9.28. The highest BCUT2D eigenvalue weighted by Gasteiger charge is 2.30. The van der Waals surface area contributed by atoms with Gasteiger partial charge in [0.1, 0.15) is 5.82 Å². The summed E-state index contributed by atoms with van der Waals surface area (Å²) in [5, 5.41) is 6.22. The van der Waals surface area contributed by atoms with E-state index in [1.165, 1.54) is 6.07 Å². The number of aryl methyl sites for hydroxylation is 1. The number of nitrogens with zero attached hydrogens (tertiary/aromatic N) is 3. The normalized spacial score (nSPS) is 12.5. The Balaban J connectivity index is 2.01. The number of pyridine rings is 1. The summed E-state index contributed by atoms with van der Waals surface area (Å²) in [4.78, 5) is 13.2. The zero-order valence-electron chi connectivity index (χ0n) is 16.4. The van der Waals surface area contributed by atoms with Gasteiger partial charge in [-0.1, -0.05) is 19.1 Å². The van der Waals surface area contributed by atoms with Crippen molar-refractivity contribution >= 4 is 17.5 Å². The second kappa shape index (κ2) is 8.46. The van der Waals surface area contributed by atoms with E-state index in [2.05, 4.69) is 25.6 Å². The summed E-state index contributed by atoms with van der Waals surface area (Å²) in [5.41, 5.74) is 1.50. The minimum atomic E-state index is -4.42. The van der Waals surface area contributed by atoms with Crippen molar-refractivity contribution in [3.05, 3.63) is 59.8 Å². The summed E-state index contributed by atoms with van der Waals surface area (Å²) in [5.74, 6) is 0.767. The lowest BCUT2D eigenvalue weighted by molar-refractivity contribution is -0.137. The fourth-order valence-corrected chi connectivity index (χ4v) is 2.61. The summed E-state index contributed by atoms with van der Waals surface area (Å²) in [7, 11) is 0. The molecule has 1 aromatic carbocycles. The zero-order valence-corrected chi connectivity index (χ0v) is 16.4. The molecule has 2 heterocycles. The fraction of sp³-hybridized carbons (Fsp3) is 0.286. The van der Waals surface area contributed by atoms with Crippen molar-refractivity contribution < 1.29 is 13.2 Å². The largest absolute Gasteiger partial charge is 0.416 e. The highest BCUT2D eigenvalue weighted by molar-refractivity contribution is 5.67. The molecular weight excluding hydrogens is 379 g/mol. The predicted octanol–water partition coefficient (Wildman–Crippen LogP) is 5.82. The van der Waals surface area contributed by atoms with E-state index in [1.807, 2.05) is 26.0 Å². The van der Waals surface area contributed by atoms with Gasteiger partial charge in [0, 0.05) is 24.0 Å². The number of benzene rings is 1. The Labute approximate surface area is 167 Å². The molecule has 0 bridgehead atoms. The molecule has 29 heavy (non-hydrogen) atoms. The molecule has 2 N–H and O–H groups in total. The Morgan fingerprint density at radius 3 is 2.48 bits per heavy atom. The molecule has 0 amide bonds. The van der Waals surface area contributed by atoms with Crippen LogP contribution < -0.4 is 10.6 Å². The van der Waals surface area contributed by atoms with Crippen molar-refractivity contribution in [3.8, 4) is 11.4 Å². The third-order valence-corrected chi connectivity index (χ3v) is 4.47. The van der Waals surface area contributed by atoms with Gasteiger partial charge in [-0.2, -0.15) is 18.2 Å². The molecule has 152 valence electrons. The van der Waals surface area contributed by atoms with E-state index in [0.717, 1.165) is 18.6 Å². The maximum atomic E-state index is 13.1. The fourth-order valence-electron chi connectivity index (χ4n) is 2.61. The maximum Gasteiger partial charge on any atom is 0.416 e. The molecule has 0 saturated carbocycles. The molecule has 0 aliphatic rings. The average Bonchev–Trinajstić information content (AvgIpc) is 2.69. The zero-order chi connectivity index (χ0) is 21.0. The minimum Gasteiger partial charge on any atom is -0.352 e. The summed E-state index contributed by atoms with van der Waals surface area (Å²) < 4.78 is 39.3. The van der Waals surface area contributed by atoms with Crippen molar-refractivity contribution in [3.63, 3.8) is 0 Å². The van der Waals surface area contributed by atoms with Gasteiger partial charge >= 0.3 is 6.18 Å². The number of hydrogen-bond acceptors (Lipinski definition) is 5. The maximum absolute atomic E-state index is 13.1. The van der Waals surface area contributed by atoms with E-state index in [1.54, 1.807) is 25.3 Å². The van der Waals surface area contributed by atoms with Crippen LogP contribution in [0.5, 0.6) is 0 Å². The first kappa shape index (κ1) is 20.6. The monoisotopic (exact) mass is 401 g/mol. The molecule has 8 heteroatoms. The molecule has 1 atom stereocenters. The SMILES string of the molecule is CC[C@@H](C)Nc1nc(Nc2cc(C(F)(F)F)ccc2C)cc(-c2ccccn2)n1. The van der Waals surface area contributed by atoms with Gasteiger partial charge in [0.05, 0.1) is 17.0 Å². The molecule has 5 nitrogen and oxygen atoms in total. The Bertz CT molecular complexity index is 974. The number of anilines is 3. The van der Waals surface area contributed by atoms with E-state index in [0.29, 0.717) is 34.4 Å². The van der Waals surface area contributed by atoms with Crippen LogP contribution in [0.4, 0.5) is 30.6 Å². The molecule has 3 rings (SSSR count). The van der Waals surface area contributed by atoms with Crippen LogP contribution in [0.25, 0.3) is 11.4 Å². The van der Waals surface area contributed by atoms with E-state index >= 15 is 0 Å². The van der Waals surface area contributed by atoms with E-state index in [-0.39, 0.29) is 6.04 Å². The molecule has 0 saturated heterocycles. The van der Waals surface area contributed by atoms with Gasteiger partial charge < -0.3 is 10.6 Å². The van der Waals surface area contributed by atoms with Gasteiger partial charge in [0.2, 0.25) is 5.95 Å². The van der Waals surface area contributed by atoms with Gasteiger partial charge in [0.25, 0.3) is 0 Å². The molecule has 0 radical (unpaired) electrons. The first-order chi connectivity index (χ1) is 13.8. The van der Waals surface area contributed by atoms with Crippen molar-refractivity contribution in [2.75, 3.05) is 10.6 Å². The summed E-state index contributed by atoms with van der Waals surface area (Å²) in [6.07, 6.45) is -1.89. The van der Waals surface area contributed by atoms with E-state index in [9.17, 15) is 13.2 Å². The molecule has 0 fully saturated rings. The van der Waals surface area contributed by atoms with Crippen molar-refractivity contribution in [2.24, 2.45) is 0 Å². The summed E-state index contributed by atoms with van der Waals surface area (Å²) in [6.45, 7) is 5.77. The average molecular weight is 401 g/mol. The first-order valence-corrected chi connectivity index (χ1v) is 9.28. The van der Waals surface area contributed by atoms with Crippen LogP contribution in [0.3, 0.4) is 0 Å². The molecular formula is C21H22F3N5. The third-order valence-electron chi connectivity index (χ3n) is 4.47. The van der Waals surface area contributed by atoms with E-state index in [4.69, 9.17) is 0 Å². The summed E-state index contributed by atoms with van der Waals surface area (Å²) in [6, 6.07) is 10.8. The van der Waals surface area contributed by atoms with E-state index < -0.39 is 11.7 Å². The lowest BCUT2D eigenvalue weighted by Crippen LogP contribution is -2.16. The third kappa shape index (κ3) is 5.22. The van der Waals surface area contributed by atoms with Gasteiger partial charge in [-0.05, 0) is 50.1 Å². The van der Waals surface area contributed by atoms with Crippen molar-refractivity contribution in [2.45, 2.75) is 39.4 Å². The van der Waals surface area contributed by atoms with Crippen LogP contribution >= 0.6 is 0 Å². The second-order valence-corrected chi connectivity index (χ2v) is 6.78. The van der Waals surface area contributed by atoms with Crippen LogP contribution in [0.2, 0.25) is 0 Å². The lowest BCUT2D eigenvalue weighted by atomic mass is 10.1. The van der Waals surface area contributed by atoms with Crippen LogP contribution in [-0.4, -0.2) is 21.0 Å². The van der Waals surface area contributed by atoms with Gasteiger partial charge in [0.15, 0.2) is 0 Å². The number of halogens is 3. The second-order valence-electron chi connectivity index (χ2n) is 6.78. The van der Waals surface area contributed by atoms with Crippen molar-refractivity contribution in [1.82, 2.24) is 15.0 Å². The Morgan fingerprint density at radius 2 is 1.83 bits per heavy atom. The van der Waals surface area contributed by atoms with Crippen LogP contribution in [-0.2, 0) is 6.18 Å². The van der Waals surface area contributed by atoms with Gasteiger partial charge in [-0.3, -0.25) is 4.98 Å². The van der Waals surface area contributed by atoms with Crippen LogP contribution in [0.15, 0.2) is 48.7 Å². The topological polar surface area (TPSA) is 62.7 Å². The number of aromatic nitrogens is 3. The Kier molecular flexibility index (Phi) is 6.00. The standard InChI is InChI=1S/C21H22F3N5/c1-4-14(3)26-20-28-18(16-7-5-6-10-25-16)12-19(29-20)27-17-11-15(21(22,23)24)9-8-13(17)2/h5-12,14H,4H2,1-3H3,(H2,26,27,28,29)/t14-/m1/s1. The number of alkyl halides is 3. The number of nitrogens with one attached hydrogen (secondary N) is 2. The van der Waals surface area contributed by atoms with Gasteiger partial charge in [-0.25, -0.2) is 4.98 Å².